The summed E-state index contributed by atoms with van der Waals surface area (Å²) in [5.41, 5.74) is 1.69. The second-order valence-corrected chi connectivity index (χ2v) is 7.13. The van der Waals surface area contributed by atoms with Crippen LogP contribution in [-0.2, 0) is 0 Å². The largest absolute Gasteiger partial charge is 0.494 e. The first kappa shape index (κ1) is 21.4. The van der Waals surface area contributed by atoms with Gasteiger partial charge in [-0.1, -0.05) is 63.1 Å². The van der Waals surface area contributed by atoms with Crippen LogP contribution >= 0.6 is 11.6 Å². The van der Waals surface area contributed by atoms with Crippen molar-refractivity contribution in [2.45, 2.75) is 57.8 Å². The summed E-state index contributed by atoms with van der Waals surface area (Å²) < 4.78 is 5.81. The van der Waals surface area contributed by atoms with E-state index in [0.29, 0.717) is 0 Å². The second-order valence-electron chi connectivity index (χ2n) is 6.75. The molecule has 0 aliphatic rings. The molecule has 0 saturated carbocycles. The third kappa shape index (κ3) is 10.1. The summed E-state index contributed by atoms with van der Waals surface area (Å²) in [5, 5.41) is 8.46. The number of ether oxygens (including phenoxy) is 1. The highest BCUT2D eigenvalue weighted by molar-refractivity contribution is 6.17. The Bertz CT molecular complexity index is 629. The van der Waals surface area contributed by atoms with Crippen LogP contribution in [-0.4, -0.2) is 12.5 Å². The summed E-state index contributed by atoms with van der Waals surface area (Å²) in [5.74, 6) is 1.70. The zero-order valence-corrected chi connectivity index (χ0v) is 16.9. The Morgan fingerprint density at radius 1 is 0.593 bits per heavy atom. The van der Waals surface area contributed by atoms with Crippen molar-refractivity contribution < 1.29 is 4.74 Å². The molecule has 0 radical (unpaired) electrons. The summed E-state index contributed by atoms with van der Waals surface area (Å²) in [7, 11) is 0. The third-order valence-corrected chi connectivity index (χ3v) is 4.69. The summed E-state index contributed by atoms with van der Waals surface area (Å²) >= 11 is 5.68. The topological polar surface area (TPSA) is 34.0 Å². The van der Waals surface area contributed by atoms with E-state index in [1.54, 1.807) is 0 Å². The van der Waals surface area contributed by atoms with Crippen LogP contribution in [0.2, 0.25) is 0 Å². The molecule has 146 valence electrons. The standard InChI is InChI=1S/C23H31ClN2O/c24-19-11-6-4-2-1-3-5-7-12-20-27-23-17-15-22(16-18-23)26-25-21-13-9-8-10-14-21/h8-10,13-18H,1-7,11-12,19-20H2/b26-25+. The summed E-state index contributed by atoms with van der Waals surface area (Å²) in [6.07, 6.45) is 11.5. The molecular formula is C23H31ClN2O. The smallest absolute Gasteiger partial charge is 0.119 e. The molecule has 0 aliphatic carbocycles. The molecule has 3 nitrogen and oxygen atoms in total. The first-order chi connectivity index (χ1) is 13.4. The lowest BCUT2D eigenvalue weighted by molar-refractivity contribution is 0.304. The van der Waals surface area contributed by atoms with Gasteiger partial charge in [0.1, 0.15) is 5.75 Å². The van der Waals surface area contributed by atoms with Crippen molar-refractivity contribution in [1.29, 1.82) is 0 Å². The second kappa shape index (κ2) is 14.2. The molecule has 0 spiro atoms. The van der Waals surface area contributed by atoms with Gasteiger partial charge in [-0.3, -0.25) is 0 Å². The molecule has 0 unspecified atom stereocenters. The molecule has 0 atom stereocenters. The minimum atomic E-state index is 0.778. The van der Waals surface area contributed by atoms with Gasteiger partial charge < -0.3 is 4.74 Å². The van der Waals surface area contributed by atoms with Crippen molar-refractivity contribution >= 4 is 23.0 Å². The van der Waals surface area contributed by atoms with E-state index in [-0.39, 0.29) is 0 Å². The molecule has 0 bridgehead atoms. The van der Waals surface area contributed by atoms with Crippen LogP contribution in [0.4, 0.5) is 11.4 Å². The monoisotopic (exact) mass is 386 g/mol. The molecule has 0 amide bonds. The van der Waals surface area contributed by atoms with Crippen LogP contribution in [0.3, 0.4) is 0 Å². The minimum Gasteiger partial charge on any atom is -0.494 e. The Morgan fingerprint density at radius 2 is 1.11 bits per heavy atom. The van der Waals surface area contributed by atoms with Crippen molar-refractivity contribution in [3.63, 3.8) is 0 Å². The van der Waals surface area contributed by atoms with Gasteiger partial charge in [0.15, 0.2) is 0 Å². The quantitative estimate of drug-likeness (QED) is 0.183. The van der Waals surface area contributed by atoms with Gasteiger partial charge in [0.25, 0.3) is 0 Å². The summed E-state index contributed by atoms with van der Waals surface area (Å²) in [4.78, 5) is 0. The van der Waals surface area contributed by atoms with Crippen LogP contribution in [0.15, 0.2) is 64.8 Å². The van der Waals surface area contributed by atoms with E-state index in [9.17, 15) is 0 Å². The van der Waals surface area contributed by atoms with Crippen molar-refractivity contribution in [3.8, 4) is 5.75 Å². The fourth-order valence-corrected chi connectivity index (χ4v) is 3.03. The van der Waals surface area contributed by atoms with Crippen molar-refractivity contribution in [2.75, 3.05) is 12.5 Å². The van der Waals surface area contributed by atoms with E-state index < -0.39 is 0 Å². The zero-order valence-electron chi connectivity index (χ0n) is 16.2. The maximum Gasteiger partial charge on any atom is 0.119 e. The molecular weight excluding hydrogens is 356 g/mol. The van der Waals surface area contributed by atoms with Crippen LogP contribution in [0.1, 0.15) is 57.8 Å². The number of unbranched alkanes of at least 4 members (excludes halogenated alkanes) is 8. The Hall–Kier alpha value is -1.87. The van der Waals surface area contributed by atoms with Gasteiger partial charge in [-0.2, -0.15) is 10.2 Å². The lowest BCUT2D eigenvalue weighted by Crippen LogP contribution is -1.96. The number of rotatable bonds is 14. The molecule has 2 rings (SSSR count). The highest BCUT2D eigenvalue weighted by Gasteiger charge is 1.97. The van der Waals surface area contributed by atoms with Crippen LogP contribution in [0.5, 0.6) is 5.75 Å². The van der Waals surface area contributed by atoms with Crippen molar-refractivity contribution in [1.82, 2.24) is 0 Å². The van der Waals surface area contributed by atoms with Crippen molar-refractivity contribution in [3.05, 3.63) is 54.6 Å². The normalized spacial score (nSPS) is 11.1. The fourth-order valence-electron chi connectivity index (χ4n) is 2.84. The van der Waals surface area contributed by atoms with Gasteiger partial charge in [-0.15, -0.1) is 11.6 Å². The molecule has 27 heavy (non-hydrogen) atoms. The average Bonchev–Trinajstić information content (AvgIpc) is 2.72. The van der Waals surface area contributed by atoms with Gasteiger partial charge in [-0.05, 0) is 49.2 Å². The van der Waals surface area contributed by atoms with Gasteiger partial charge in [-0.25, -0.2) is 0 Å². The fraction of sp³-hybridized carbons (Fsp3) is 0.478. The molecule has 0 N–H and O–H groups in total. The van der Waals surface area contributed by atoms with E-state index in [2.05, 4.69) is 10.2 Å². The number of nitrogens with zero attached hydrogens (tertiary/aromatic N) is 2. The van der Waals surface area contributed by atoms with E-state index >= 15 is 0 Å². The summed E-state index contributed by atoms with van der Waals surface area (Å²) in [6, 6.07) is 17.5. The lowest BCUT2D eigenvalue weighted by atomic mass is 10.1. The molecule has 2 aromatic carbocycles. The van der Waals surface area contributed by atoms with Gasteiger partial charge in [0.05, 0.1) is 18.0 Å². The third-order valence-electron chi connectivity index (χ3n) is 4.42. The molecule has 2 aromatic rings. The number of azo groups is 1. The maximum atomic E-state index is 5.81. The molecule has 0 heterocycles. The lowest BCUT2D eigenvalue weighted by Gasteiger charge is -2.06. The first-order valence-electron chi connectivity index (χ1n) is 10.1. The minimum absolute atomic E-state index is 0.778. The highest BCUT2D eigenvalue weighted by Crippen LogP contribution is 2.21. The first-order valence-corrected chi connectivity index (χ1v) is 10.7. The maximum absolute atomic E-state index is 5.81. The molecule has 0 aromatic heterocycles. The molecule has 0 fully saturated rings. The van der Waals surface area contributed by atoms with Crippen molar-refractivity contribution in [2.24, 2.45) is 10.2 Å². The molecule has 0 saturated heterocycles. The Morgan fingerprint density at radius 3 is 1.70 bits per heavy atom. The summed E-state index contributed by atoms with van der Waals surface area (Å²) in [6.45, 7) is 0.778. The average molecular weight is 387 g/mol. The predicted octanol–water partition coefficient (Wildman–Crippen LogP) is 8.23. The van der Waals surface area contributed by atoms with Gasteiger partial charge >= 0.3 is 0 Å². The van der Waals surface area contributed by atoms with Crippen LogP contribution < -0.4 is 4.74 Å². The number of alkyl halides is 1. The number of benzene rings is 2. The van der Waals surface area contributed by atoms with E-state index in [1.807, 2.05) is 54.6 Å². The van der Waals surface area contributed by atoms with E-state index in [4.69, 9.17) is 16.3 Å². The number of hydrogen-bond acceptors (Lipinski definition) is 3. The Kier molecular flexibility index (Phi) is 11.3. The van der Waals surface area contributed by atoms with Crippen LogP contribution in [0.25, 0.3) is 0 Å². The number of halogens is 1. The zero-order chi connectivity index (χ0) is 19.0. The Balaban J connectivity index is 1.52. The van der Waals surface area contributed by atoms with Crippen LogP contribution in [0, 0.1) is 0 Å². The Labute approximate surface area is 168 Å². The predicted molar refractivity (Wildman–Crippen MR) is 115 cm³/mol. The van der Waals surface area contributed by atoms with E-state index in [1.165, 1.54) is 44.9 Å². The number of hydrogen-bond donors (Lipinski definition) is 0. The SMILES string of the molecule is ClCCCCCCCCCCCOc1ccc(/N=N/c2ccccc2)cc1. The van der Waals surface area contributed by atoms with Gasteiger partial charge in [0, 0.05) is 5.88 Å². The van der Waals surface area contributed by atoms with Gasteiger partial charge in [0.2, 0.25) is 0 Å². The highest BCUT2D eigenvalue weighted by atomic mass is 35.5. The van der Waals surface area contributed by atoms with E-state index in [0.717, 1.165) is 42.5 Å². The molecule has 4 heteroatoms. The molecule has 0 aliphatic heterocycles.